The largest absolute Gasteiger partial charge is 0.496 e. The van der Waals surface area contributed by atoms with Crippen molar-refractivity contribution >= 4 is 12.1 Å². The van der Waals surface area contributed by atoms with Crippen LogP contribution in [0.25, 0.3) is 0 Å². The van der Waals surface area contributed by atoms with Crippen LogP contribution in [0.1, 0.15) is 28.2 Å². The van der Waals surface area contributed by atoms with E-state index in [2.05, 4.69) is 10.5 Å². The van der Waals surface area contributed by atoms with Gasteiger partial charge in [-0.05, 0) is 35.9 Å². The zero-order valence-electron chi connectivity index (χ0n) is 19.1. The average Bonchev–Trinajstić information content (AvgIpc) is 2.87. The van der Waals surface area contributed by atoms with Crippen molar-refractivity contribution in [1.82, 2.24) is 5.43 Å². The molecule has 0 atom stereocenters. The van der Waals surface area contributed by atoms with E-state index < -0.39 is 24.9 Å². The maximum Gasteiger partial charge on any atom is 0.330 e. The number of halogens is 4. The highest BCUT2D eigenvalue weighted by Crippen LogP contribution is 2.43. The van der Waals surface area contributed by atoms with E-state index in [9.17, 15) is 22.4 Å². The summed E-state index contributed by atoms with van der Waals surface area (Å²) in [5, 5.41) is 4.04. The van der Waals surface area contributed by atoms with Gasteiger partial charge < -0.3 is 14.2 Å². The molecule has 10 heteroatoms. The Morgan fingerprint density at radius 1 is 1.08 bits per heavy atom. The Bertz CT molecular complexity index is 1220. The van der Waals surface area contributed by atoms with E-state index in [-0.39, 0.29) is 12.5 Å². The summed E-state index contributed by atoms with van der Waals surface area (Å²) in [4.78, 5) is 13.1. The average molecular weight is 502 g/mol. The summed E-state index contributed by atoms with van der Waals surface area (Å²) >= 11 is 0. The molecule has 0 aliphatic carbocycles. The lowest BCUT2D eigenvalue weighted by Gasteiger charge is -2.26. The second-order valence-electron chi connectivity index (χ2n) is 7.97. The lowest BCUT2D eigenvalue weighted by Crippen LogP contribution is -2.32. The molecule has 4 rings (SSSR count). The molecule has 3 aromatic rings. The number of benzene rings is 3. The van der Waals surface area contributed by atoms with Crippen LogP contribution in [0.15, 0.2) is 71.8 Å². The summed E-state index contributed by atoms with van der Waals surface area (Å²) in [6.07, 6.45) is -2.46. The predicted molar refractivity (Wildman–Crippen MR) is 124 cm³/mol. The molecule has 0 aromatic heterocycles. The normalized spacial score (nSPS) is 13.3. The number of nitrogens with zero attached hydrogens (tertiary/aromatic N) is 1. The van der Waals surface area contributed by atoms with Gasteiger partial charge in [0.2, 0.25) is 0 Å². The van der Waals surface area contributed by atoms with Crippen LogP contribution in [0.4, 0.5) is 17.6 Å². The molecule has 3 aromatic carbocycles. The van der Waals surface area contributed by atoms with E-state index >= 15 is 0 Å². The van der Waals surface area contributed by atoms with Gasteiger partial charge in [0.15, 0.2) is 0 Å². The number of amides is 1. The highest BCUT2D eigenvalue weighted by Gasteiger charge is 2.41. The van der Waals surface area contributed by atoms with Gasteiger partial charge in [-0.3, -0.25) is 4.79 Å². The minimum absolute atomic E-state index is 0.326. The van der Waals surface area contributed by atoms with Crippen molar-refractivity contribution in [3.8, 4) is 17.2 Å². The van der Waals surface area contributed by atoms with Gasteiger partial charge in [-0.15, -0.1) is 0 Å². The summed E-state index contributed by atoms with van der Waals surface area (Å²) in [5.74, 6) is -3.78. The van der Waals surface area contributed by atoms with Crippen molar-refractivity contribution in [3.05, 3.63) is 89.0 Å². The smallest absolute Gasteiger partial charge is 0.330 e. The molecule has 1 N–H and O–H groups in total. The number of carbonyl (C=O) groups is 1. The Morgan fingerprint density at radius 3 is 2.33 bits per heavy atom. The number of rotatable bonds is 9. The molecule has 0 bridgehead atoms. The molecule has 0 saturated carbocycles. The molecule has 1 heterocycles. The third-order valence-corrected chi connectivity index (χ3v) is 5.51. The first-order valence-corrected chi connectivity index (χ1v) is 10.9. The van der Waals surface area contributed by atoms with Crippen LogP contribution in [0.2, 0.25) is 0 Å². The molecule has 0 spiro atoms. The van der Waals surface area contributed by atoms with Gasteiger partial charge in [0.25, 0.3) is 5.91 Å². The first-order valence-electron chi connectivity index (χ1n) is 10.9. The van der Waals surface area contributed by atoms with Gasteiger partial charge in [0.05, 0.1) is 25.8 Å². The zero-order chi connectivity index (χ0) is 25.7. The van der Waals surface area contributed by atoms with E-state index in [1.54, 1.807) is 24.3 Å². The van der Waals surface area contributed by atoms with Crippen molar-refractivity contribution in [1.29, 1.82) is 0 Å². The van der Waals surface area contributed by atoms with Crippen molar-refractivity contribution in [2.75, 3.05) is 13.7 Å². The standard InChI is InChI=1S/C26H22F4N2O4/c1-34-20-11-10-16(12-17(20)14-35-15-26(29,30)25(27)28)13-31-32-24(33)23-18-6-2-4-8-21(18)36-22-9-5-3-7-19(22)23/h2-13,23,25H,14-15H2,1H3,(H,32,33)/b31-13+. The number of alkyl halides is 4. The highest BCUT2D eigenvalue weighted by molar-refractivity contribution is 5.90. The topological polar surface area (TPSA) is 69.2 Å². The molecule has 36 heavy (non-hydrogen) atoms. The number of fused-ring (bicyclic) bond motifs is 2. The Morgan fingerprint density at radius 2 is 1.72 bits per heavy atom. The molecule has 188 valence electrons. The summed E-state index contributed by atoms with van der Waals surface area (Å²) in [7, 11) is 1.38. The van der Waals surface area contributed by atoms with Crippen LogP contribution < -0.4 is 14.9 Å². The molecule has 0 radical (unpaired) electrons. The van der Waals surface area contributed by atoms with Gasteiger partial charge in [-0.1, -0.05) is 36.4 Å². The molecular formula is C26H22F4N2O4. The van der Waals surface area contributed by atoms with E-state index in [4.69, 9.17) is 14.2 Å². The summed E-state index contributed by atoms with van der Waals surface area (Å²) in [6.45, 7) is -1.81. The maximum absolute atomic E-state index is 13.1. The summed E-state index contributed by atoms with van der Waals surface area (Å²) < 4.78 is 66.8. The molecule has 0 unspecified atom stereocenters. The number of hydrogen-bond donors (Lipinski definition) is 1. The van der Waals surface area contributed by atoms with Crippen molar-refractivity contribution < 1.29 is 36.6 Å². The van der Waals surface area contributed by atoms with Crippen LogP contribution in [0, 0.1) is 0 Å². The van der Waals surface area contributed by atoms with Crippen LogP contribution in [-0.4, -0.2) is 38.2 Å². The number of methoxy groups -OCH3 is 1. The highest BCUT2D eigenvalue weighted by atomic mass is 19.3. The number of hydrazone groups is 1. The third-order valence-electron chi connectivity index (χ3n) is 5.51. The van der Waals surface area contributed by atoms with Gasteiger partial charge in [0, 0.05) is 16.7 Å². The van der Waals surface area contributed by atoms with Gasteiger partial charge >= 0.3 is 12.3 Å². The molecule has 6 nitrogen and oxygen atoms in total. The second-order valence-corrected chi connectivity index (χ2v) is 7.97. The maximum atomic E-state index is 13.1. The lowest BCUT2D eigenvalue weighted by atomic mass is 9.87. The second kappa shape index (κ2) is 10.8. The first kappa shape index (κ1) is 25.2. The van der Waals surface area contributed by atoms with Crippen LogP contribution >= 0.6 is 0 Å². The Kier molecular flexibility index (Phi) is 7.54. The zero-order valence-corrected chi connectivity index (χ0v) is 19.1. The van der Waals surface area contributed by atoms with Gasteiger partial charge in [-0.25, -0.2) is 14.2 Å². The van der Waals surface area contributed by atoms with Crippen LogP contribution in [0.5, 0.6) is 17.2 Å². The first-order chi connectivity index (χ1) is 17.3. The van der Waals surface area contributed by atoms with Crippen LogP contribution in [0.3, 0.4) is 0 Å². The Hall–Kier alpha value is -3.92. The fraction of sp³-hybridized carbons (Fsp3) is 0.231. The minimum Gasteiger partial charge on any atom is -0.496 e. The minimum atomic E-state index is -4.25. The van der Waals surface area contributed by atoms with Crippen molar-refractivity contribution in [3.63, 3.8) is 0 Å². The lowest BCUT2D eigenvalue weighted by molar-refractivity contribution is -0.168. The van der Waals surface area contributed by atoms with Gasteiger partial charge in [0.1, 0.15) is 23.9 Å². The number of carbonyl (C=O) groups excluding carboxylic acids is 1. The number of hydrogen-bond acceptors (Lipinski definition) is 5. The molecule has 0 fully saturated rings. The predicted octanol–water partition coefficient (Wildman–Crippen LogP) is 5.50. The molecule has 1 amide bonds. The number of ether oxygens (including phenoxy) is 3. The van der Waals surface area contributed by atoms with Gasteiger partial charge in [-0.2, -0.15) is 13.9 Å². The van der Waals surface area contributed by atoms with E-state index in [0.29, 0.717) is 39.5 Å². The van der Waals surface area contributed by atoms with Crippen molar-refractivity contribution in [2.45, 2.75) is 24.9 Å². The van der Waals surface area contributed by atoms with Crippen molar-refractivity contribution in [2.24, 2.45) is 5.10 Å². The fourth-order valence-electron chi connectivity index (χ4n) is 3.78. The van der Waals surface area contributed by atoms with E-state index in [0.717, 1.165) is 0 Å². The molecular weight excluding hydrogens is 480 g/mol. The molecule has 0 saturated heterocycles. The van der Waals surface area contributed by atoms with Crippen LogP contribution in [-0.2, 0) is 16.1 Å². The SMILES string of the molecule is COc1ccc(/C=N/NC(=O)C2c3ccccc3Oc3ccccc32)cc1COCC(F)(F)C(F)F. The monoisotopic (exact) mass is 502 g/mol. The number of para-hydroxylation sites is 2. The molecule has 1 aliphatic heterocycles. The summed E-state index contributed by atoms with van der Waals surface area (Å²) in [5.41, 5.74) is 4.80. The Balaban J connectivity index is 1.47. The third kappa shape index (κ3) is 5.49. The van der Waals surface area contributed by atoms with E-state index in [1.807, 2.05) is 36.4 Å². The quantitative estimate of drug-likeness (QED) is 0.238. The van der Waals surface area contributed by atoms with E-state index in [1.165, 1.54) is 19.4 Å². The fourth-order valence-corrected chi connectivity index (χ4v) is 3.78. The number of nitrogens with one attached hydrogen (secondary N) is 1. The Labute approximate surface area is 204 Å². The summed E-state index contributed by atoms with van der Waals surface area (Å²) in [6, 6.07) is 19.2. The molecule has 1 aliphatic rings.